The lowest BCUT2D eigenvalue weighted by atomic mass is 9.84. The standard InChI is InChI=1S/C17H27NO2/c1-6-13(7-2)16(19)18-12-17(3,4)14-8-10-15(20-5)11-9-14/h8-11,13H,6-7,12H2,1-5H3,(H,18,19). The average molecular weight is 277 g/mol. The Kier molecular flexibility index (Phi) is 6.05. The Hall–Kier alpha value is -1.51. The predicted molar refractivity (Wildman–Crippen MR) is 83.1 cm³/mol. The summed E-state index contributed by atoms with van der Waals surface area (Å²) >= 11 is 0. The first-order chi connectivity index (χ1) is 9.44. The molecule has 0 saturated heterocycles. The third-order valence-electron chi connectivity index (χ3n) is 3.93. The van der Waals surface area contributed by atoms with Crippen molar-refractivity contribution in [3.05, 3.63) is 29.8 Å². The topological polar surface area (TPSA) is 38.3 Å². The van der Waals surface area contributed by atoms with Crippen LogP contribution in [0.15, 0.2) is 24.3 Å². The summed E-state index contributed by atoms with van der Waals surface area (Å²) in [7, 11) is 1.66. The zero-order valence-electron chi connectivity index (χ0n) is 13.3. The monoisotopic (exact) mass is 277 g/mol. The SMILES string of the molecule is CCC(CC)C(=O)NCC(C)(C)c1ccc(OC)cc1. The highest BCUT2D eigenvalue weighted by molar-refractivity contribution is 5.78. The van der Waals surface area contributed by atoms with Gasteiger partial charge in [0.1, 0.15) is 5.75 Å². The van der Waals surface area contributed by atoms with Gasteiger partial charge >= 0.3 is 0 Å². The van der Waals surface area contributed by atoms with Crippen molar-refractivity contribution in [1.82, 2.24) is 5.32 Å². The number of carbonyl (C=O) groups is 1. The molecule has 0 aliphatic heterocycles. The zero-order valence-corrected chi connectivity index (χ0v) is 13.3. The van der Waals surface area contributed by atoms with E-state index >= 15 is 0 Å². The summed E-state index contributed by atoms with van der Waals surface area (Å²) in [5.41, 5.74) is 1.11. The van der Waals surface area contributed by atoms with Crippen LogP contribution in [0.3, 0.4) is 0 Å². The van der Waals surface area contributed by atoms with E-state index in [0.717, 1.165) is 18.6 Å². The molecule has 112 valence electrons. The largest absolute Gasteiger partial charge is 0.497 e. The molecule has 0 aliphatic rings. The summed E-state index contributed by atoms with van der Waals surface area (Å²) in [6, 6.07) is 8.03. The van der Waals surface area contributed by atoms with Crippen molar-refractivity contribution in [2.75, 3.05) is 13.7 Å². The first kappa shape index (κ1) is 16.5. The normalized spacial score (nSPS) is 11.5. The molecule has 0 atom stereocenters. The van der Waals surface area contributed by atoms with Crippen molar-refractivity contribution < 1.29 is 9.53 Å². The second-order valence-corrected chi connectivity index (χ2v) is 5.84. The number of nitrogens with one attached hydrogen (secondary N) is 1. The van der Waals surface area contributed by atoms with Gasteiger partial charge in [-0.15, -0.1) is 0 Å². The number of carbonyl (C=O) groups excluding carboxylic acids is 1. The minimum atomic E-state index is -0.0893. The average Bonchev–Trinajstić information content (AvgIpc) is 2.46. The maximum absolute atomic E-state index is 12.1. The minimum absolute atomic E-state index is 0.0893. The van der Waals surface area contributed by atoms with E-state index in [1.54, 1.807) is 7.11 Å². The fourth-order valence-corrected chi connectivity index (χ4v) is 2.26. The van der Waals surface area contributed by atoms with Crippen LogP contribution in [0.4, 0.5) is 0 Å². The number of rotatable bonds is 7. The summed E-state index contributed by atoms with van der Waals surface area (Å²) in [6.45, 7) is 9.05. The van der Waals surface area contributed by atoms with Gasteiger partial charge in [-0.1, -0.05) is 39.8 Å². The van der Waals surface area contributed by atoms with Crippen LogP contribution in [0.1, 0.15) is 46.1 Å². The number of methoxy groups -OCH3 is 1. The van der Waals surface area contributed by atoms with Gasteiger partial charge in [0.25, 0.3) is 0 Å². The third-order valence-corrected chi connectivity index (χ3v) is 3.93. The minimum Gasteiger partial charge on any atom is -0.497 e. The van der Waals surface area contributed by atoms with Crippen molar-refractivity contribution in [3.63, 3.8) is 0 Å². The number of amides is 1. The molecule has 0 bridgehead atoms. The Morgan fingerprint density at radius 2 is 1.75 bits per heavy atom. The Labute approximate surface area is 122 Å². The Balaban J connectivity index is 2.66. The van der Waals surface area contributed by atoms with Gasteiger partial charge in [-0.3, -0.25) is 4.79 Å². The van der Waals surface area contributed by atoms with E-state index < -0.39 is 0 Å². The zero-order chi connectivity index (χ0) is 15.2. The molecule has 20 heavy (non-hydrogen) atoms. The molecule has 0 heterocycles. The van der Waals surface area contributed by atoms with E-state index in [-0.39, 0.29) is 17.2 Å². The first-order valence-electron chi connectivity index (χ1n) is 7.36. The quantitative estimate of drug-likeness (QED) is 0.828. The van der Waals surface area contributed by atoms with Gasteiger partial charge in [-0.05, 0) is 30.5 Å². The fourth-order valence-electron chi connectivity index (χ4n) is 2.26. The van der Waals surface area contributed by atoms with Gasteiger partial charge in [0, 0.05) is 17.9 Å². The molecule has 0 saturated carbocycles. The van der Waals surface area contributed by atoms with E-state index in [0.29, 0.717) is 6.54 Å². The van der Waals surface area contributed by atoms with Crippen molar-refractivity contribution in [3.8, 4) is 5.75 Å². The molecule has 3 nitrogen and oxygen atoms in total. The molecule has 1 rings (SSSR count). The van der Waals surface area contributed by atoms with E-state index in [1.807, 2.05) is 12.1 Å². The number of benzene rings is 1. The van der Waals surface area contributed by atoms with Crippen LogP contribution in [-0.2, 0) is 10.2 Å². The van der Waals surface area contributed by atoms with E-state index in [9.17, 15) is 4.79 Å². The van der Waals surface area contributed by atoms with Crippen LogP contribution in [0.2, 0.25) is 0 Å². The van der Waals surface area contributed by atoms with Crippen molar-refractivity contribution >= 4 is 5.91 Å². The van der Waals surface area contributed by atoms with Gasteiger partial charge in [0.15, 0.2) is 0 Å². The van der Waals surface area contributed by atoms with Crippen LogP contribution in [0, 0.1) is 5.92 Å². The lowest BCUT2D eigenvalue weighted by molar-refractivity contribution is -0.125. The van der Waals surface area contributed by atoms with Crippen LogP contribution in [0.25, 0.3) is 0 Å². The summed E-state index contributed by atoms with van der Waals surface area (Å²) in [5.74, 6) is 1.14. The Morgan fingerprint density at radius 1 is 1.20 bits per heavy atom. The van der Waals surface area contributed by atoms with E-state index in [4.69, 9.17) is 4.74 Å². The predicted octanol–water partition coefficient (Wildman–Crippen LogP) is 3.53. The van der Waals surface area contributed by atoms with E-state index in [1.165, 1.54) is 5.56 Å². The van der Waals surface area contributed by atoms with Crippen LogP contribution in [0.5, 0.6) is 5.75 Å². The molecule has 1 aromatic rings. The molecule has 0 unspecified atom stereocenters. The smallest absolute Gasteiger partial charge is 0.223 e. The number of hydrogen-bond donors (Lipinski definition) is 1. The fraction of sp³-hybridized carbons (Fsp3) is 0.588. The maximum Gasteiger partial charge on any atom is 0.223 e. The molecule has 0 spiro atoms. The third kappa shape index (κ3) is 4.26. The van der Waals surface area contributed by atoms with Gasteiger partial charge in [-0.2, -0.15) is 0 Å². The van der Waals surface area contributed by atoms with Crippen molar-refractivity contribution in [2.24, 2.45) is 5.92 Å². The van der Waals surface area contributed by atoms with Crippen molar-refractivity contribution in [1.29, 1.82) is 0 Å². The molecule has 0 aliphatic carbocycles. The molecule has 1 amide bonds. The van der Waals surface area contributed by atoms with Crippen LogP contribution in [-0.4, -0.2) is 19.6 Å². The molecular formula is C17H27NO2. The molecular weight excluding hydrogens is 250 g/mol. The Morgan fingerprint density at radius 3 is 2.20 bits per heavy atom. The summed E-state index contributed by atoms with van der Waals surface area (Å²) in [6.07, 6.45) is 1.79. The van der Waals surface area contributed by atoms with Crippen molar-refractivity contribution in [2.45, 2.75) is 46.0 Å². The Bertz CT molecular complexity index is 419. The number of ether oxygens (including phenoxy) is 1. The lowest BCUT2D eigenvalue weighted by Gasteiger charge is -2.27. The summed E-state index contributed by atoms with van der Waals surface area (Å²) in [4.78, 5) is 12.1. The second-order valence-electron chi connectivity index (χ2n) is 5.84. The molecule has 3 heteroatoms. The molecule has 0 fully saturated rings. The molecule has 0 radical (unpaired) electrons. The molecule has 1 aromatic carbocycles. The van der Waals surface area contributed by atoms with Gasteiger partial charge in [0.05, 0.1) is 7.11 Å². The highest BCUT2D eigenvalue weighted by Gasteiger charge is 2.23. The van der Waals surface area contributed by atoms with Gasteiger partial charge in [-0.25, -0.2) is 0 Å². The van der Waals surface area contributed by atoms with E-state index in [2.05, 4.69) is 45.1 Å². The second kappa shape index (κ2) is 7.32. The summed E-state index contributed by atoms with van der Waals surface area (Å²) < 4.78 is 5.17. The van der Waals surface area contributed by atoms with Crippen LogP contribution >= 0.6 is 0 Å². The summed E-state index contributed by atoms with van der Waals surface area (Å²) in [5, 5.41) is 3.08. The van der Waals surface area contributed by atoms with Crippen LogP contribution < -0.4 is 10.1 Å². The molecule has 0 aromatic heterocycles. The highest BCUT2D eigenvalue weighted by atomic mass is 16.5. The highest BCUT2D eigenvalue weighted by Crippen LogP contribution is 2.24. The lowest BCUT2D eigenvalue weighted by Crippen LogP contribution is -2.39. The van der Waals surface area contributed by atoms with Gasteiger partial charge < -0.3 is 10.1 Å². The first-order valence-corrected chi connectivity index (χ1v) is 7.36. The molecule has 1 N–H and O–H groups in total. The number of hydrogen-bond acceptors (Lipinski definition) is 2. The van der Waals surface area contributed by atoms with Gasteiger partial charge in [0.2, 0.25) is 5.91 Å². The maximum atomic E-state index is 12.1.